The van der Waals surface area contributed by atoms with Crippen molar-refractivity contribution in [1.82, 2.24) is 10.2 Å². The summed E-state index contributed by atoms with van der Waals surface area (Å²) in [5, 5.41) is 6.01. The number of amides is 1. The summed E-state index contributed by atoms with van der Waals surface area (Å²) in [5.41, 5.74) is -0.948. The lowest BCUT2D eigenvalue weighted by molar-refractivity contribution is -0.137. The third kappa shape index (κ3) is 4.36. The number of nitrogens with zero attached hydrogens (tertiary/aromatic N) is 3. The molecule has 26 heavy (non-hydrogen) atoms. The van der Waals surface area contributed by atoms with Gasteiger partial charge in [0.1, 0.15) is 0 Å². The summed E-state index contributed by atoms with van der Waals surface area (Å²) in [5.74, 6) is -3.64. The predicted octanol–water partition coefficient (Wildman–Crippen LogP) is 3.69. The van der Waals surface area contributed by atoms with Crippen LogP contribution < -0.4 is 14.4 Å². The number of benzene rings is 1. The number of halogens is 5. The highest BCUT2D eigenvalue weighted by molar-refractivity contribution is 7.34. The fourth-order valence-corrected chi connectivity index (χ4v) is 2.95. The van der Waals surface area contributed by atoms with Crippen molar-refractivity contribution in [3.8, 4) is 10.4 Å². The van der Waals surface area contributed by atoms with E-state index in [2.05, 4.69) is 14.9 Å². The van der Waals surface area contributed by atoms with Gasteiger partial charge in [-0.15, -0.1) is 0 Å². The Balaban J connectivity index is 2.10. The molecule has 2 rings (SSSR count). The van der Waals surface area contributed by atoms with Crippen LogP contribution in [0.5, 0.6) is 10.4 Å². The first-order valence-corrected chi connectivity index (χ1v) is 8.21. The molecule has 0 radical (unpaired) electrons. The van der Waals surface area contributed by atoms with Gasteiger partial charge in [0.15, 0.2) is 17.1 Å². The molecule has 0 aliphatic carbocycles. The van der Waals surface area contributed by atoms with Gasteiger partial charge in [0.05, 0.1) is 12.7 Å². The van der Waals surface area contributed by atoms with Crippen LogP contribution in [0.2, 0.25) is 0 Å². The maximum atomic E-state index is 13.0. The predicted molar refractivity (Wildman–Crippen MR) is 82.7 cm³/mol. The highest BCUT2D eigenvalue weighted by Crippen LogP contribution is 2.48. The minimum absolute atomic E-state index is 0.0246. The average molecular weight is 398 g/mol. The van der Waals surface area contributed by atoms with Gasteiger partial charge >= 0.3 is 22.3 Å². The Hall–Kier alpha value is -2.50. The Morgan fingerprint density at radius 3 is 2.50 bits per heavy atom. The number of hydrogen-bond donors (Lipinski definition) is 0. The van der Waals surface area contributed by atoms with E-state index in [4.69, 9.17) is 4.74 Å². The van der Waals surface area contributed by atoms with Crippen LogP contribution in [-0.2, 0) is 11.0 Å². The van der Waals surface area contributed by atoms with Crippen molar-refractivity contribution in [2.45, 2.75) is 11.9 Å². The number of carbonyl (C=O) groups is 1. The molecule has 6 nitrogen and oxygen atoms in total. The number of rotatable bonds is 6. The van der Waals surface area contributed by atoms with Crippen molar-refractivity contribution >= 4 is 22.1 Å². The monoisotopic (exact) mass is 398 g/mol. The lowest BCUT2D eigenvalue weighted by Gasteiger charge is -2.18. The maximum absolute atomic E-state index is 13.0. The molecule has 0 spiro atoms. The molecule has 0 aliphatic rings. The first-order valence-electron chi connectivity index (χ1n) is 6.92. The SMILES string of the molecule is COc1nnc(OCC(=O)N(C)c2cccc(C(F)(F)F)c2)[s+]1C(F)F. The minimum atomic E-state index is -4.56. The summed E-state index contributed by atoms with van der Waals surface area (Å²) in [7, 11) is 0.441. The molecule has 0 saturated carbocycles. The van der Waals surface area contributed by atoms with Crippen molar-refractivity contribution in [3.05, 3.63) is 29.8 Å². The second-order valence-electron chi connectivity index (χ2n) is 4.82. The fourth-order valence-electron chi connectivity index (χ4n) is 1.87. The molecular formula is C14H13F5N3O3S+. The smallest absolute Gasteiger partial charge is 0.440 e. The third-order valence-corrected chi connectivity index (χ3v) is 4.75. The first-order chi connectivity index (χ1) is 12.1. The van der Waals surface area contributed by atoms with Crippen LogP contribution in [0.1, 0.15) is 11.3 Å². The second-order valence-corrected chi connectivity index (χ2v) is 6.55. The highest BCUT2D eigenvalue weighted by atomic mass is 32.2. The number of methoxy groups -OCH3 is 1. The van der Waals surface area contributed by atoms with Gasteiger partial charge in [-0.3, -0.25) is 4.79 Å². The second kappa shape index (κ2) is 7.81. The van der Waals surface area contributed by atoms with Crippen LogP contribution >= 0.6 is 10.5 Å². The number of alkyl halides is 5. The van der Waals surface area contributed by atoms with Crippen molar-refractivity contribution < 1.29 is 36.2 Å². The lowest BCUT2D eigenvalue weighted by Crippen LogP contribution is -2.31. The van der Waals surface area contributed by atoms with Crippen LogP contribution in [0.3, 0.4) is 0 Å². The van der Waals surface area contributed by atoms with Gasteiger partial charge in [-0.25, -0.2) is 0 Å². The van der Waals surface area contributed by atoms with Crippen LogP contribution in [-0.4, -0.2) is 36.9 Å². The summed E-state index contributed by atoms with van der Waals surface area (Å²) in [6.45, 7) is -0.700. The fraction of sp³-hybridized carbons (Fsp3) is 0.357. The number of likely N-dealkylation sites (N-methyl/N-ethyl adjacent to an activating group) is 1. The van der Waals surface area contributed by atoms with E-state index in [0.29, 0.717) is 0 Å². The van der Waals surface area contributed by atoms with Crippen LogP contribution in [0.4, 0.5) is 27.6 Å². The van der Waals surface area contributed by atoms with Crippen molar-refractivity contribution in [3.63, 3.8) is 0 Å². The largest absolute Gasteiger partial charge is 0.464 e. The minimum Gasteiger partial charge on any atom is -0.440 e. The number of anilines is 1. The van der Waals surface area contributed by atoms with Gasteiger partial charge in [0.25, 0.3) is 5.91 Å². The molecule has 142 valence electrons. The van der Waals surface area contributed by atoms with E-state index >= 15 is 0 Å². The molecule has 0 bridgehead atoms. The molecule has 1 atom stereocenters. The van der Waals surface area contributed by atoms with Crippen LogP contribution in [0, 0.1) is 0 Å². The van der Waals surface area contributed by atoms with E-state index in [1.807, 2.05) is 0 Å². The first kappa shape index (κ1) is 19.8. The number of carbonyl (C=O) groups excluding carboxylic acids is 1. The normalized spacial score (nSPS) is 12.2. The Morgan fingerprint density at radius 1 is 1.27 bits per heavy atom. The third-order valence-electron chi connectivity index (χ3n) is 3.20. The zero-order chi connectivity index (χ0) is 19.5. The molecule has 0 fully saturated rings. The van der Waals surface area contributed by atoms with E-state index in [1.165, 1.54) is 13.1 Å². The molecule has 1 amide bonds. The van der Waals surface area contributed by atoms with Gasteiger partial charge in [0, 0.05) is 12.7 Å². The van der Waals surface area contributed by atoms with Crippen molar-refractivity contribution in [2.75, 3.05) is 25.7 Å². The van der Waals surface area contributed by atoms with Crippen molar-refractivity contribution in [1.29, 1.82) is 0 Å². The molecular weight excluding hydrogens is 385 g/mol. The zero-order valence-corrected chi connectivity index (χ0v) is 14.3. The molecule has 1 aromatic carbocycles. The maximum Gasteiger partial charge on any atom is 0.464 e. The van der Waals surface area contributed by atoms with Gasteiger partial charge in [-0.05, 0) is 18.2 Å². The van der Waals surface area contributed by atoms with Gasteiger partial charge < -0.3 is 14.4 Å². The molecule has 0 aliphatic heterocycles. The van der Waals surface area contributed by atoms with E-state index in [-0.39, 0.29) is 10.9 Å². The summed E-state index contributed by atoms with van der Waals surface area (Å²) in [4.78, 5) is 13.0. The Bertz CT molecular complexity index is 781. The topological polar surface area (TPSA) is 64.6 Å². The Labute approximate surface area is 147 Å². The number of ether oxygens (including phenoxy) is 2. The van der Waals surface area contributed by atoms with Crippen LogP contribution in [0.15, 0.2) is 24.3 Å². The van der Waals surface area contributed by atoms with E-state index in [9.17, 15) is 26.7 Å². The molecule has 2 aromatic rings. The number of hydrogen-bond acceptors (Lipinski definition) is 5. The molecule has 0 N–H and O–H groups in total. The van der Waals surface area contributed by atoms with Crippen molar-refractivity contribution in [2.24, 2.45) is 0 Å². The van der Waals surface area contributed by atoms with Gasteiger partial charge in [-0.2, -0.15) is 22.0 Å². The molecule has 1 aromatic heterocycles. The van der Waals surface area contributed by atoms with Gasteiger partial charge in [0.2, 0.25) is 0 Å². The lowest BCUT2D eigenvalue weighted by atomic mass is 10.2. The molecule has 1 heterocycles. The summed E-state index contributed by atoms with van der Waals surface area (Å²) in [6, 6.07) is 4.11. The van der Waals surface area contributed by atoms with Gasteiger partial charge in [-0.1, -0.05) is 16.3 Å². The molecule has 1 unspecified atom stereocenters. The zero-order valence-electron chi connectivity index (χ0n) is 13.5. The van der Waals surface area contributed by atoms with Crippen LogP contribution in [0.25, 0.3) is 0 Å². The van der Waals surface area contributed by atoms with E-state index in [0.717, 1.165) is 30.2 Å². The quantitative estimate of drug-likeness (QED) is 0.549. The molecule has 12 heteroatoms. The Morgan fingerprint density at radius 2 is 1.92 bits per heavy atom. The molecule has 0 saturated heterocycles. The number of aromatic nitrogens is 2. The average Bonchev–Trinajstić information content (AvgIpc) is 3.01. The highest BCUT2D eigenvalue weighted by Gasteiger charge is 2.37. The summed E-state index contributed by atoms with van der Waals surface area (Å²) in [6.07, 6.45) is -4.56. The van der Waals surface area contributed by atoms with E-state index in [1.54, 1.807) is 0 Å². The van der Waals surface area contributed by atoms with E-state index < -0.39 is 45.7 Å². The standard InChI is InChI=1S/C14H13F5N3O3S/c1-22(9-5-3-4-8(6-9)14(17,18)19)10(23)7-25-13-21-20-12(24-2)26(13)11(15)16/h3-6,11H,7H2,1-2H3/q+1. The summed E-state index contributed by atoms with van der Waals surface area (Å²) < 4.78 is 73.9. The summed E-state index contributed by atoms with van der Waals surface area (Å²) >= 11 is 0. The Kier molecular flexibility index (Phi) is 5.95.